The summed E-state index contributed by atoms with van der Waals surface area (Å²) in [5, 5.41) is 0. The molecular weight excluding hydrogens is 180 g/mol. The van der Waals surface area contributed by atoms with E-state index >= 15 is 0 Å². The van der Waals surface area contributed by atoms with Crippen molar-refractivity contribution in [1.29, 1.82) is 0 Å². The van der Waals surface area contributed by atoms with Gasteiger partial charge in [-0.2, -0.15) is 0 Å². The molecule has 0 spiro atoms. The maximum absolute atomic E-state index is 3.87. The third-order valence-electron chi connectivity index (χ3n) is 3.07. The second kappa shape index (κ2) is 10.5. The number of hydrogen-bond donors (Lipinski definition) is 0. The maximum Gasteiger partial charge on any atom is -0.0440 e. The van der Waals surface area contributed by atoms with Crippen molar-refractivity contribution in [3.63, 3.8) is 0 Å². The first-order chi connectivity index (χ1) is 7.16. The molecule has 0 bridgehead atoms. The summed E-state index contributed by atoms with van der Waals surface area (Å²) in [5.41, 5.74) is 0. The quantitative estimate of drug-likeness (QED) is 0.411. The van der Waals surface area contributed by atoms with Crippen LogP contribution in [0.5, 0.6) is 0 Å². The average molecular weight is 211 g/mol. The van der Waals surface area contributed by atoms with Gasteiger partial charge in [-0.15, -0.1) is 0 Å². The molecule has 0 aliphatic rings. The Morgan fingerprint density at radius 3 is 1.87 bits per heavy atom. The highest BCUT2D eigenvalue weighted by Crippen LogP contribution is 2.18. The fourth-order valence-electron chi connectivity index (χ4n) is 2.30. The van der Waals surface area contributed by atoms with Gasteiger partial charge in [0.05, 0.1) is 0 Å². The summed E-state index contributed by atoms with van der Waals surface area (Å²) >= 11 is 0. The molecule has 91 valence electrons. The SMILES string of the molecule is [CH2]CCCCCCCCC(C)CC(C)C. The van der Waals surface area contributed by atoms with Crippen LogP contribution in [-0.2, 0) is 0 Å². The predicted molar refractivity (Wildman–Crippen MR) is 70.9 cm³/mol. The van der Waals surface area contributed by atoms with E-state index in [1.165, 1.54) is 51.4 Å². The topological polar surface area (TPSA) is 0 Å². The van der Waals surface area contributed by atoms with Gasteiger partial charge in [-0.3, -0.25) is 0 Å². The van der Waals surface area contributed by atoms with E-state index in [0.29, 0.717) is 0 Å². The molecule has 0 heterocycles. The maximum atomic E-state index is 3.87. The van der Waals surface area contributed by atoms with Crippen LogP contribution in [0.3, 0.4) is 0 Å². The van der Waals surface area contributed by atoms with Crippen molar-refractivity contribution in [3.8, 4) is 0 Å². The zero-order valence-electron chi connectivity index (χ0n) is 11.2. The molecule has 0 nitrogen and oxygen atoms in total. The van der Waals surface area contributed by atoms with Crippen LogP contribution in [-0.4, -0.2) is 0 Å². The number of rotatable bonds is 10. The average Bonchev–Trinajstić information content (AvgIpc) is 2.15. The third kappa shape index (κ3) is 11.9. The lowest BCUT2D eigenvalue weighted by molar-refractivity contribution is 0.397. The van der Waals surface area contributed by atoms with Crippen LogP contribution >= 0.6 is 0 Å². The zero-order valence-corrected chi connectivity index (χ0v) is 11.2. The first kappa shape index (κ1) is 15.0. The van der Waals surface area contributed by atoms with Gasteiger partial charge in [-0.25, -0.2) is 0 Å². The summed E-state index contributed by atoms with van der Waals surface area (Å²) in [6, 6.07) is 0. The van der Waals surface area contributed by atoms with Crippen molar-refractivity contribution in [3.05, 3.63) is 6.92 Å². The summed E-state index contributed by atoms with van der Waals surface area (Å²) in [7, 11) is 0. The van der Waals surface area contributed by atoms with Gasteiger partial charge in [0.15, 0.2) is 0 Å². The molecule has 15 heavy (non-hydrogen) atoms. The Balaban J connectivity index is 3.09. The third-order valence-corrected chi connectivity index (χ3v) is 3.07. The molecule has 0 rings (SSSR count). The largest absolute Gasteiger partial charge is 0.0628 e. The summed E-state index contributed by atoms with van der Waals surface area (Å²) < 4.78 is 0. The predicted octanol–water partition coefficient (Wildman–Crippen LogP) is 5.62. The molecule has 0 aromatic heterocycles. The molecule has 0 aliphatic heterocycles. The van der Waals surface area contributed by atoms with Crippen molar-refractivity contribution >= 4 is 0 Å². The summed E-state index contributed by atoms with van der Waals surface area (Å²) in [6.45, 7) is 10.9. The lowest BCUT2D eigenvalue weighted by atomic mass is 9.93. The summed E-state index contributed by atoms with van der Waals surface area (Å²) in [5.74, 6) is 1.81. The van der Waals surface area contributed by atoms with E-state index in [9.17, 15) is 0 Å². The minimum Gasteiger partial charge on any atom is -0.0628 e. The first-order valence-electron chi connectivity index (χ1n) is 6.96. The van der Waals surface area contributed by atoms with Gasteiger partial charge in [0, 0.05) is 0 Å². The van der Waals surface area contributed by atoms with Crippen molar-refractivity contribution < 1.29 is 0 Å². The van der Waals surface area contributed by atoms with Crippen LogP contribution in [0.2, 0.25) is 0 Å². The van der Waals surface area contributed by atoms with E-state index in [4.69, 9.17) is 0 Å². The van der Waals surface area contributed by atoms with Crippen molar-refractivity contribution in [2.45, 2.75) is 78.6 Å². The highest BCUT2D eigenvalue weighted by Gasteiger charge is 2.04. The Morgan fingerprint density at radius 1 is 0.800 bits per heavy atom. The van der Waals surface area contributed by atoms with Gasteiger partial charge in [0.1, 0.15) is 0 Å². The number of hydrogen-bond acceptors (Lipinski definition) is 0. The molecule has 0 aliphatic carbocycles. The zero-order chi connectivity index (χ0) is 11.5. The van der Waals surface area contributed by atoms with Gasteiger partial charge in [0.25, 0.3) is 0 Å². The fraction of sp³-hybridized carbons (Fsp3) is 0.933. The Morgan fingerprint density at radius 2 is 1.33 bits per heavy atom. The monoisotopic (exact) mass is 211 g/mol. The normalized spacial score (nSPS) is 13.4. The molecule has 1 atom stereocenters. The Bertz CT molecular complexity index is 115. The van der Waals surface area contributed by atoms with E-state index in [0.717, 1.165) is 18.3 Å². The van der Waals surface area contributed by atoms with Crippen LogP contribution in [0, 0.1) is 18.8 Å². The lowest BCUT2D eigenvalue weighted by Gasteiger charge is -2.13. The highest BCUT2D eigenvalue weighted by atomic mass is 14.1. The summed E-state index contributed by atoms with van der Waals surface area (Å²) in [6.07, 6.45) is 12.4. The molecule has 0 amide bonds. The smallest absolute Gasteiger partial charge is 0.0440 e. The second-order valence-corrected chi connectivity index (χ2v) is 5.50. The van der Waals surface area contributed by atoms with Crippen LogP contribution < -0.4 is 0 Å². The van der Waals surface area contributed by atoms with Crippen LogP contribution in [0.15, 0.2) is 0 Å². The minimum atomic E-state index is 0.872. The van der Waals surface area contributed by atoms with Crippen molar-refractivity contribution in [2.75, 3.05) is 0 Å². The van der Waals surface area contributed by atoms with Crippen LogP contribution in [0.25, 0.3) is 0 Å². The van der Waals surface area contributed by atoms with Crippen molar-refractivity contribution in [2.24, 2.45) is 11.8 Å². The molecular formula is C15H31. The lowest BCUT2D eigenvalue weighted by Crippen LogP contribution is -1.99. The Kier molecular flexibility index (Phi) is 10.5. The van der Waals surface area contributed by atoms with Crippen LogP contribution in [0.1, 0.15) is 78.6 Å². The highest BCUT2D eigenvalue weighted by molar-refractivity contribution is 4.57. The van der Waals surface area contributed by atoms with Gasteiger partial charge in [-0.1, -0.05) is 79.1 Å². The molecule has 1 radical (unpaired) electrons. The molecule has 0 N–H and O–H groups in total. The van der Waals surface area contributed by atoms with E-state index in [-0.39, 0.29) is 0 Å². The van der Waals surface area contributed by atoms with Gasteiger partial charge < -0.3 is 0 Å². The molecule has 0 fully saturated rings. The molecule has 1 unspecified atom stereocenters. The van der Waals surface area contributed by atoms with E-state index in [2.05, 4.69) is 27.7 Å². The fourth-order valence-corrected chi connectivity index (χ4v) is 2.30. The Labute approximate surface area is 97.8 Å². The molecule has 0 heteroatoms. The van der Waals surface area contributed by atoms with E-state index in [1.807, 2.05) is 0 Å². The van der Waals surface area contributed by atoms with Crippen molar-refractivity contribution in [1.82, 2.24) is 0 Å². The van der Waals surface area contributed by atoms with E-state index < -0.39 is 0 Å². The first-order valence-corrected chi connectivity index (χ1v) is 6.96. The number of unbranched alkanes of at least 4 members (excludes halogenated alkanes) is 6. The summed E-state index contributed by atoms with van der Waals surface area (Å²) in [4.78, 5) is 0. The molecule has 0 saturated carbocycles. The standard InChI is InChI=1S/C15H31/c1-5-6-7-8-9-10-11-12-15(4)13-14(2)3/h14-15H,1,5-13H2,2-4H3. The second-order valence-electron chi connectivity index (χ2n) is 5.50. The molecule has 0 saturated heterocycles. The Hall–Kier alpha value is 0. The van der Waals surface area contributed by atoms with Gasteiger partial charge in [-0.05, 0) is 18.3 Å². The molecule has 0 aromatic carbocycles. The van der Waals surface area contributed by atoms with Gasteiger partial charge in [0.2, 0.25) is 0 Å². The minimum absolute atomic E-state index is 0.872. The van der Waals surface area contributed by atoms with E-state index in [1.54, 1.807) is 0 Å². The van der Waals surface area contributed by atoms with Gasteiger partial charge >= 0.3 is 0 Å². The van der Waals surface area contributed by atoms with Crippen LogP contribution in [0.4, 0.5) is 0 Å². The molecule has 0 aromatic rings.